The van der Waals surface area contributed by atoms with Crippen LogP contribution in [0.2, 0.25) is 0 Å². The van der Waals surface area contributed by atoms with Crippen LogP contribution in [-0.4, -0.2) is 29.1 Å². The van der Waals surface area contributed by atoms with Gasteiger partial charge in [-0.25, -0.2) is 0 Å². The molecule has 1 aromatic rings. The molecule has 0 radical (unpaired) electrons. The topological polar surface area (TPSA) is 74.7 Å². The van der Waals surface area contributed by atoms with E-state index in [4.69, 9.17) is 10.9 Å². The first kappa shape index (κ1) is 13.6. The first-order chi connectivity index (χ1) is 8.93. The molecule has 0 aromatic carbocycles. The van der Waals surface area contributed by atoms with E-state index in [0.29, 0.717) is 17.0 Å². The Labute approximate surface area is 114 Å². The van der Waals surface area contributed by atoms with E-state index in [0.717, 1.165) is 25.2 Å². The Balaban J connectivity index is 2.25. The summed E-state index contributed by atoms with van der Waals surface area (Å²) in [6.07, 6.45) is 2.82. The number of oxime groups is 1. The first-order valence-corrected chi connectivity index (χ1v) is 6.61. The number of nitrogens with two attached hydrogens (primary N) is 1. The van der Waals surface area contributed by atoms with Crippen molar-refractivity contribution >= 4 is 11.5 Å². The molecule has 1 saturated heterocycles. The van der Waals surface area contributed by atoms with E-state index in [-0.39, 0.29) is 5.84 Å². The van der Waals surface area contributed by atoms with Gasteiger partial charge in [-0.05, 0) is 29.9 Å². The zero-order valence-corrected chi connectivity index (χ0v) is 11.8. The van der Waals surface area contributed by atoms with Crippen molar-refractivity contribution in [1.82, 2.24) is 4.98 Å². The molecule has 2 heterocycles. The SMILES string of the molecule is CC(C)(C)C1CCN(c2cccnc2/C(N)=N/O)C1. The van der Waals surface area contributed by atoms with Crippen molar-refractivity contribution in [3.63, 3.8) is 0 Å². The Bertz CT molecular complexity index is 479. The van der Waals surface area contributed by atoms with Crippen molar-refractivity contribution in [2.75, 3.05) is 18.0 Å². The molecule has 5 heteroatoms. The molecule has 1 unspecified atom stereocenters. The van der Waals surface area contributed by atoms with Crippen molar-refractivity contribution in [2.45, 2.75) is 27.2 Å². The second kappa shape index (κ2) is 5.07. The summed E-state index contributed by atoms with van der Waals surface area (Å²) in [4.78, 5) is 6.50. The quantitative estimate of drug-likeness (QED) is 0.370. The van der Waals surface area contributed by atoms with Crippen LogP contribution in [0.4, 0.5) is 5.69 Å². The maximum Gasteiger partial charge on any atom is 0.190 e. The molecule has 0 saturated carbocycles. The van der Waals surface area contributed by atoms with Crippen molar-refractivity contribution < 1.29 is 5.21 Å². The molecule has 0 spiro atoms. The molecule has 1 aromatic heterocycles. The predicted octanol–water partition coefficient (Wildman–Crippen LogP) is 2.05. The highest BCUT2D eigenvalue weighted by Crippen LogP contribution is 2.36. The summed E-state index contributed by atoms with van der Waals surface area (Å²) in [5.41, 5.74) is 7.50. The number of aromatic nitrogens is 1. The highest BCUT2D eigenvalue weighted by Gasteiger charge is 2.32. The molecular formula is C14H22N4O. The van der Waals surface area contributed by atoms with Crippen LogP contribution in [-0.2, 0) is 0 Å². The molecule has 2 rings (SSSR count). The van der Waals surface area contributed by atoms with E-state index in [2.05, 4.69) is 35.8 Å². The number of nitrogens with zero attached hydrogens (tertiary/aromatic N) is 3. The molecule has 0 aliphatic carbocycles. The normalized spacial score (nSPS) is 20.9. The molecule has 3 N–H and O–H groups in total. The largest absolute Gasteiger partial charge is 0.409 e. The van der Waals surface area contributed by atoms with Gasteiger partial charge in [0.1, 0.15) is 5.69 Å². The fourth-order valence-corrected chi connectivity index (χ4v) is 2.58. The van der Waals surface area contributed by atoms with Gasteiger partial charge in [-0.15, -0.1) is 0 Å². The molecule has 19 heavy (non-hydrogen) atoms. The molecule has 0 bridgehead atoms. The third-order valence-corrected chi connectivity index (χ3v) is 3.89. The highest BCUT2D eigenvalue weighted by molar-refractivity contribution is 6.00. The van der Waals surface area contributed by atoms with Gasteiger partial charge < -0.3 is 15.8 Å². The van der Waals surface area contributed by atoms with E-state index >= 15 is 0 Å². The van der Waals surface area contributed by atoms with Gasteiger partial charge in [-0.1, -0.05) is 25.9 Å². The number of pyridine rings is 1. The lowest BCUT2D eigenvalue weighted by molar-refractivity contribution is 0.263. The minimum absolute atomic E-state index is 0.0646. The van der Waals surface area contributed by atoms with Gasteiger partial charge in [0.2, 0.25) is 0 Å². The standard InChI is InChI=1S/C14H22N4O/c1-14(2,3)10-6-8-18(9-10)11-5-4-7-16-12(11)13(15)17-19/h4-5,7,10,19H,6,8-9H2,1-3H3,(H2,15,17). The fourth-order valence-electron chi connectivity index (χ4n) is 2.58. The van der Waals surface area contributed by atoms with Crippen LogP contribution >= 0.6 is 0 Å². The Morgan fingerprint density at radius 2 is 2.26 bits per heavy atom. The number of anilines is 1. The summed E-state index contributed by atoms with van der Waals surface area (Å²) < 4.78 is 0. The molecular weight excluding hydrogens is 240 g/mol. The summed E-state index contributed by atoms with van der Waals surface area (Å²) in [5.74, 6) is 0.711. The Morgan fingerprint density at radius 3 is 2.84 bits per heavy atom. The van der Waals surface area contributed by atoms with E-state index < -0.39 is 0 Å². The zero-order valence-electron chi connectivity index (χ0n) is 11.8. The second-order valence-electron chi connectivity index (χ2n) is 6.15. The fraction of sp³-hybridized carbons (Fsp3) is 0.571. The summed E-state index contributed by atoms with van der Waals surface area (Å²) >= 11 is 0. The number of rotatable bonds is 2. The van der Waals surface area contributed by atoms with Gasteiger partial charge >= 0.3 is 0 Å². The van der Waals surface area contributed by atoms with E-state index in [1.54, 1.807) is 6.20 Å². The monoisotopic (exact) mass is 262 g/mol. The summed E-state index contributed by atoms with van der Waals surface area (Å²) in [7, 11) is 0. The lowest BCUT2D eigenvalue weighted by Gasteiger charge is -2.28. The number of hydrogen-bond acceptors (Lipinski definition) is 4. The van der Waals surface area contributed by atoms with Gasteiger partial charge in [0.05, 0.1) is 5.69 Å². The maximum atomic E-state index is 8.84. The van der Waals surface area contributed by atoms with Gasteiger partial charge in [-0.2, -0.15) is 0 Å². The Hall–Kier alpha value is -1.78. The molecule has 0 amide bonds. The number of hydrogen-bond donors (Lipinski definition) is 2. The van der Waals surface area contributed by atoms with Crippen LogP contribution < -0.4 is 10.6 Å². The lowest BCUT2D eigenvalue weighted by Crippen LogP contribution is -2.28. The Kier molecular flexibility index (Phi) is 3.64. The molecule has 1 fully saturated rings. The van der Waals surface area contributed by atoms with Crippen LogP contribution in [0.3, 0.4) is 0 Å². The minimum atomic E-state index is 0.0646. The van der Waals surface area contributed by atoms with E-state index in [9.17, 15) is 0 Å². The summed E-state index contributed by atoms with van der Waals surface area (Å²) in [6, 6.07) is 3.86. The molecule has 104 valence electrons. The third-order valence-electron chi connectivity index (χ3n) is 3.89. The summed E-state index contributed by atoms with van der Waals surface area (Å²) in [5, 5.41) is 11.9. The maximum absolute atomic E-state index is 8.84. The first-order valence-electron chi connectivity index (χ1n) is 6.61. The van der Waals surface area contributed by atoms with Crippen LogP contribution in [0.5, 0.6) is 0 Å². The lowest BCUT2D eigenvalue weighted by atomic mass is 9.80. The molecule has 1 aliphatic heterocycles. The average Bonchev–Trinajstić information content (AvgIpc) is 2.87. The average molecular weight is 262 g/mol. The highest BCUT2D eigenvalue weighted by atomic mass is 16.4. The van der Waals surface area contributed by atoms with Gasteiger partial charge in [0, 0.05) is 19.3 Å². The van der Waals surface area contributed by atoms with Crippen LogP contribution in [0, 0.1) is 11.3 Å². The minimum Gasteiger partial charge on any atom is -0.409 e. The van der Waals surface area contributed by atoms with E-state index in [1.807, 2.05) is 12.1 Å². The van der Waals surface area contributed by atoms with Crippen LogP contribution in [0.25, 0.3) is 0 Å². The molecule has 1 aliphatic rings. The van der Waals surface area contributed by atoms with Crippen molar-refractivity contribution in [3.8, 4) is 0 Å². The van der Waals surface area contributed by atoms with Crippen molar-refractivity contribution in [2.24, 2.45) is 22.2 Å². The van der Waals surface area contributed by atoms with Crippen LogP contribution in [0.15, 0.2) is 23.5 Å². The second-order valence-corrected chi connectivity index (χ2v) is 6.15. The predicted molar refractivity (Wildman–Crippen MR) is 76.5 cm³/mol. The van der Waals surface area contributed by atoms with Crippen LogP contribution in [0.1, 0.15) is 32.9 Å². The van der Waals surface area contributed by atoms with E-state index in [1.165, 1.54) is 0 Å². The van der Waals surface area contributed by atoms with Gasteiger partial charge in [0.15, 0.2) is 5.84 Å². The third kappa shape index (κ3) is 2.80. The van der Waals surface area contributed by atoms with Crippen molar-refractivity contribution in [1.29, 1.82) is 0 Å². The van der Waals surface area contributed by atoms with Gasteiger partial charge in [0.25, 0.3) is 0 Å². The van der Waals surface area contributed by atoms with Crippen molar-refractivity contribution in [3.05, 3.63) is 24.0 Å². The zero-order chi connectivity index (χ0) is 14.0. The molecule has 1 atom stereocenters. The Morgan fingerprint density at radius 1 is 1.53 bits per heavy atom. The molecule has 5 nitrogen and oxygen atoms in total. The smallest absolute Gasteiger partial charge is 0.190 e. The van der Waals surface area contributed by atoms with Gasteiger partial charge in [-0.3, -0.25) is 4.98 Å². The number of amidine groups is 1. The summed E-state index contributed by atoms with van der Waals surface area (Å²) in [6.45, 7) is 8.79.